The topological polar surface area (TPSA) is 105 Å². The van der Waals surface area contributed by atoms with E-state index in [1.54, 1.807) is 44.2 Å². The summed E-state index contributed by atoms with van der Waals surface area (Å²) < 4.78 is 5.40. The van der Waals surface area contributed by atoms with Crippen molar-refractivity contribution in [3.8, 4) is 0 Å². The normalized spacial score (nSPS) is 19.1. The van der Waals surface area contributed by atoms with Crippen molar-refractivity contribution in [2.75, 3.05) is 6.54 Å². The van der Waals surface area contributed by atoms with Gasteiger partial charge in [-0.25, -0.2) is 4.79 Å². The SMILES string of the molecule is CCC1(CC)NC(=O)N(CC(=O)O[C@@H](C(=O)NC2CC2)c2ccccc2)C1=O. The van der Waals surface area contributed by atoms with Crippen molar-refractivity contribution in [1.29, 1.82) is 0 Å². The number of hydrogen-bond acceptors (Lipinski definition) is 5. The Balaban J connectivity index is 1.71. The highest BCUT2D eigenvalue weighted by molar-refractivity contribution is 6.08. The van der Waals surface area contributed by atoms with Crippen LogP contribution in [0.4, 0.5) is 4.79 Å². The summed E-state index contributed by atoms with van der Waals surface area (Å²) in [6.45, 7) is 3.07. The number of esters is 1. The lowest BCUT2D eigenvalue weighted by Gasteiger charge is -2.23. The molecule has 1 atom stereocenters. The average Bonchev–Trinajstić information content (AvgIpc) is 3.48. The van der Waals surface area contributed by atoms with Crippen molar-refractivity contribution in [3.05, 3.63) is 35.9 Å². The molecule has 2 aliphatic rings. The van der Waals surface area contributed by atoms with Crippen molar-refractivity contribution < 1.29 is 23.9 Å². The molecular formula is C20H25N3O5. The van der Waals surface area contributed by atoms with Crippen LogP contribution in [0, 0.1) is 0 Å². The van der Waals surface area contributed by atoms with Gasteiger partial charge in [0.25, 0.3) is 11.8 Å². The summed E-state index contributed by atoms with van der Waals surface area (Å²) >= 11 is 0. The van der Waals surface area contributed by atoms with E-state index in [4.69, 9.17) is 4.74 Å². The van der Waals surface area contributed by atoms with Crippen LogP contribution in [-0.4, -0.2) is 46.8 Å². The first-order valence-electron chi connectivity index (χ1n) is 9.59. The predicted molar refractivity (Wildman–Crippen MR) is 100.0 cm³/mol. The fourth-order valence-corrected chi connectivity index (χ4v) is 3.25. The van der Waals surface area contributed by atoms with E-state index in [-0.39, 0.29) is 6.04 Å². The summed E-state index contributed by atoms with van der Waals surface area (Å²) in [5.74, 6) is -1.67. The van der Waals surface area contributed by atoms with Crippen LogP contribution in [0.15, 0.2) is 30.3 Å². The molecule has 28 heavy (non-hydrogen) atoms. The second-order valence-corrected chi connectivity index (χ2v) is 7.17. The lowest BCUT2D eigenvalue weighted by Crippen LogP contribution is -2.46. The predicted octanol–water partition coefficient (Wildman–Crippen LogP) is 1.66. The maximum Gasteiger partial charge on any atom is 0.327 e. The Hall–Kier alpha value is -2.90. The van der Waals surface area contributed by atoms with Gasteiger partial charge < -0.3 is 15.4 Å². The van der Waals surface area contributed by atoms with Crippen molar-refractivity contribution in [1.82, 2.24) is 15.5 Å². The molecule has 3 rings (SSSR count). The van der Waals surface area contributed by atoms with Gasteiger partial charge >= 0.3 is 12.0 Å². The van der Waals surface area contributed by atoms with E-state index in [2.05, 4.69) is 10.6 Å². The third kappa shape index (κ3) is 4.00. The summed E-state index contributed by atoms with van der Waals surface area (Å²) in [5.41, 5.74) is -0.456. The quantitative estimate of drug-likeness (QED) is 0.521. The van der Waals surface area contributed by atoms with Crippen molar-refractivity contribution >= 4 is 23.8 Å². The molecular weight excluding hydrogens is 362 g/mol. The van der Waals surface area contributed by atoms with Crippen LogP contribution < -0.4 is 10.6 Å². The molecule has 1 saturated heterocycles. The van der Waals surface area contributed by atoms with Gasteiger partial charge in [0.2, 0.25) is 6.10 Å². The molecule has 0 spiro atoms. The van der Waals surface area contributed by atoms with Crippen LogP contribution in [0.5, 0.6) is 0 Å². The Kier molecular flexibility index (Phi) is 5.67. The summed E-state index contributed by atoms with van der Waals surface area (Å²) in [7, 11) is 0. The molecule has 0 unspecified atom stereocenters. The van der Waals surface area contributed by atoms with E-state index in [9.17, 15) is 19.2 Å². The summed E-state index contributed by atoms with van der Waals surface area (Å²) in [6.07, 6.45) is 1.53. The first kappa shape index (κ1) is 19.9. The number of imide groups is 1. The van der Waals surface area contributed by atoms with E-state index in [0.717, 1.165) is 17.7 Å². The molecule has 1 heterocycles. The van der Waals surface area contributed by atoms with Gasteiger partial charge in [-0.3, -0.25) is 19.3 Å². The second kappa shape index (κ2) is 8.00. The standard InChI is InChI=1S/C20H25N3O5/c1-3-20(4-2)18(26)23(19(27)22-20)12-15(24)28-16(13-8-6-5-7-9-13)17(25)21-14-10-11-14/h5-9,14,16H,3-4,10-12H2,1-2H3,(H,21,25)(H,22,27)/t16-/m1/s1. The molecule has 1 aliphatic heterocycles. The van der Waals surface area contributed by atoms with E-state index in [0.29, 0.717) is 18.4 Å². The molecule has 8 heteroatoms. The Bertz CT molecular complexity index is 771. The number of benzene rings is 1. The Labute approximate surface area is 163 Å². The van der Waals surface area contributed by atoms with Crippen LogP contribution in [0.3, 0.4) is 0 Å². The maximum absolute atomic E-state index is 12.6. The molecule has 4 amide bonds. The highest BCUT2D eigenvalue weighted by Crippen LogP contribution is 2.26. The largest absolute Gasteiger partial charge is 0.446 e. The average molecular weight is 387 g/mol. The van der Waals surface area contributed by atoms with Crippen molar-refractivity contribution in [2.45, 2.75) is 57.2 Å². The van der Waals surface area contributed by atoms with Gasteiger partial charge in [-0.15, -0.1) is 0 Å². The highest BCUT2D eigenvalue weighted by Gasteiger charge is 2.49. The number of amides is 4. The molecule has 150 valence electrons. The Morgan fingerprint density at radius 1 is 1.21 bits per heavy atom. The van der Waals surface area contributed by atoms with Gasteiger partial charge in [-0.05, 0) is 25.7 Å². The number of rotatable bonds is 8. The molecule has 1 aliphatic carbocycles. The third-order valence-electron chi connectivity index (χ3n) is 5.25. The summed E-state index contributed by atoms with van der Waals surface area (Å²) in [6, 6.07) is 8.16. The first-order valence-corrected chi connectivity index (χ1v) is 9.59. The van der Waals surface area contributed by atoms with Gasteiger partial charge in [0.15, 0.2) is 0 Å². The van der Waals surface area contributed by atoms with Gasteiger partial charge in [0.05, 0.1) is 0 Å². The highest BCUT2D eigenvalue weighted by atomic mass is 16.5. The first-order chi connectivity index (χ1) is 13.4. The Morgan fingerprint density at radius 3 is 2.39 bits per heavy atom. The van der Waals surface area contributed by atoms with E-state index >= 15 is 0 Å². The van der Waals surface area contributed by atoms with Crippen LogP contribution in [0.1, 0.15) is 51.2 Å². The molecule has 1 aromatic carbocycles. The monoisotopic (exact) mass is 387 g/mol. The number of nitrogens with one attached hydrogen (secondary N) is 2. The van der Waals surface area contributed by atoms with E-state index in [1.165, 1.54) is 0 Å². The molecule has 2 fully saturated rings. The second-order valence-electron chi connectivity index (χ2n) is 7.17. The van der Waals surface area contributed by atoms with Crippen LogP contribution in [-0.2, 0) is 19.1 Å². The minimum absolute atomic E-state index is 0.109. The lowest BCUT2D eigenvalue weighted by atomic mass is 9.93. The zero-order chi connectivity index (χ0) is 20.3. The van der Waals surface area contributed by atoms with Crippen LogP contribution >= 0.6 is 0 Å². The van der Waals surface area contributed by atoms with Gasteiger partial charge in [-0.2, -0.15) is 0 Å². The van der Waals surface area contributed by atoms with Crippen molar-refractivity contribution in [2.24, 2.45) is 0 Å². The third-order valence-corrected chi connectivity index (χ3v) is 5.25. The number of carbonyl (C=O) groups is 4. The number of nitrogens with zero attached hydrogens (tertiary/aromatic N) is 1. The zero-order valence-electron chi connectivity index (χ0n) is 16.1. The molecule has 2 N–H and O–H groups in total. The van der Waals surface area contributed by atoms with Crippen molar-refractivity contribution in [3.63, 3.8) is 0 Å². The van der Waals surface area contributed by atoms with E-state index in [1.807, 2.05) is 0 Å². The molecule has 1 aromatic rings. The Morgan fingerprint density at radius 2 is 1.86 bits per heavy atom. The van der Waals surface area contributed by atoms with Gasteiger partial charge in [0, 0.05) is 11.6 Å². The van der Waals surface area contributed by atoms with Crippen LogP contribution in [0.25, 0.3) is 0 Å². The molecule has 1 saturated carbocycles. The summed E-state index contributed by atoms with van der Waals surface area (Å²) in [4.78, 5) is 50.7. The zero-order valence-corrected chi connectivity index (χ0v) is 16.1. The van der Waals surface area contributed by atoms with Crippen LogP contribution in [0.2, 0.25) is 0 Å². The minimum Gasteiger partial charge on any atom is -0.446 e. The fourth-order valence-electron chi connectivity index (χ4n) is 3.25. The molecule has 0 bridgehead atoms. The molecule has 0 aromatic heterocycles. The fraction of sp³-hybridized carbons (Fsp3) is 0.500. The van der Waals surface area contributed by atoms with E-state index < -0.39 is 42.0 Å². The van der Waals surface area contributed by atoms with Gasteiger partial charge in [-0.1, -0.05) is 44.2 Å². The number of ether oxygens (including phenoxy) is 1. The number of urea groups is 1. The number of hydrogen-bond donors (Lipinski definition) is 2. The maximum atomic E-state index is 12.6. The lowest BCUT2D eigenvalue weighted by molar-refractivity contribution is -0.158. The number of carbonyl (C=O) groups excluding carboxylic acids is 4. The van der Waals surface area contributed by atoms with Gasteiger partial charge in [0.1, 0.15) is 12.1 Å². The smallest absolute Gasteiger partial charge is 0.327 e. The minimum atomic E-state index is -1.13. The molecule has 0 radical (unpaired) electrons. The summed E-state index contributed by atoms with van der Waals surface area (Å²) in [5, 5.41) is 5.49. The molecule has 8 nitrogen and oxygen atoms in total.